The van der Waals surface area contributed by atoms with Gasteiger partial charge in [-0.05, 0) is 59.2 Å². The van der Waals surface area contributed by atoms with Crippen LogP contribution in [0.15, 0.2) is 41.3 Å². The second-order valence-corrected chi connectivity index (χ2v) is 5.62. The fourth-order valence-electron chi connectivity index (χ4n) is 1.40. The Hall–Kier alpha value is -0.950. The first kappa shape index (κ1) is 13.5. The molecule has 2 rings (SSSR count). The highest BCUT2D eigenvalue weighted by atomic mass is 127. The first-order valence-electron chi connectivity index (χ1n) is 5.16. The summed E-state index contributed by atoms with van der Waals surface area (Å²) in [5.41, 5.74) is 6.22. The van der Waals surface area contributed by atoms with Gasteiger partial charge in [-0.3, -0.25) is 0 Å². The number of hydrogen-bond donors (Lipinski definition) is 1. The van der Waals surface area contributed by atoms with Crippen LogP contribution in [0.4, 0.5) is 10.1 Å². The molecule has 0 amide bonds. The Balaban J connectivity index is 2.25. The van der Waals surface area contributed by atoms with E-state index in [1.165, 1.54) is 6.07 Å². The highest BCUT2D eigenvalue weighted by Crippen LogP contribution is 2.31. The third-order valence-corrected chi connectivity index (χ3v) is 3.91. The van der Waals surface area contributed by atoms with Gasteiger partial charge in [0, 0.05) is 11.0 Å². The van der Waals surface area contributed by atoms with Crippen molar-refractivity contribution in [2.24, 2.45) is 0 Å². The lowest BCUT2D eigenvalue weighted by atomic mass is 10.3. The van der Waals surface area contributed by atoms with E-state index in [1.54, 1.807) is 17.8 Å². The maximum absolute atomic E-state index is 13.4. The van der Waals surface area contributed by atoms with Crippen molar-refractivity contribution in [2.45, 2.75) is 4.90 Å². The lowest BCUT2D eigenvalue weighted by Crippen LogP contribution is -1.95. The second kappa shape index (κ2) is 5.79. The van der Waals surface area contributed by atoms with Crippen molar-refractivity contribution in [1.29, 1.82) is 0 Å². The molecule has 0 spiro atoms. The molecule has 0 aliphatic heterocycles. The monoisotopic (exact) mass is 375 g/mol. The van der Waals surface area contributed by atoms with Gasteiger partial charge in [0.15, 0.2) is 5.75 Å². The molecule has 0 unspecified atom stereocenters. The van der Waals surface area contributed by atoms with Crippen LogP contribution in [-0.4, -0.2) is 6.26 Å². The number of nitrogens with two attached hydrogens (primary N) is 1. The lowest BCUT2D eigenvalue weighted by Gasteiger charge is -2.09. The molecule has 0 fully saturated rings. The predicted molar refractivity (Wildman–Crippen MR) is 81.8 cm³/mol. The van der Waals surface area contributed by atoms with E-state index in [1.807, 2.05) is 53.1 Å². The van der Waals surface area contributed by atoms with E-state index in [0.717, 1.165) is 4.90 Å². The average Bonchev–Trinajstić information content (AvgIpc) is 2.37. The summed E-state index contributed by atoms with van der Waals surface area (Å²) in [7, 11) is 0. The van der Waals surface area contributed by atoms with Gasteiger partial charge in [0.1, 0.15) is 11.6 Å². The van der Waals surface area contributed by atoms with E-state index in [2.05, 4.69) is 0 Å². The molecule has 0 radical (unpaired) electrons. The molecule has 18 heavy (non-hydrogen) atoms. The van der Waals surface area contributed by atoms with E-state index in [9.17, 15) is 4.39 Å². The van der Waals surface area contributed by atoms with Crippen molar-refractivity contribution in [1.82, 2.24) is 0 Å². The third-order valence-electron chi connectivity index (χ3n) is 2.34. The van der Waals surface area contributed by atoms with Crippen LogP contribution in [0.25, 0.3) is 0 Å². The molecule has 2 aromatic rings. The Kier molecular flexibility index (Phi) is 4.34. The number of nitrogen functional groups attached to an aromatic ring is 1. The Labute approximate surface area is 123 Å². The van der Waals surface area contributed by atoms with Crippen LogP contribution in [-0.2, 0) is 0 Å². The van der Waals surface area contributed by atoms with Crippen LogP contribution >= 0.6 is 34.4 Å². The third kappa shape index (κ3) is 3.08. The Bertz CT molecular complexity index is 560. The summed E-state index contributed by atoms with van der Waals surface area (Å²) in [5.74, 6) is 0.644. The second-order valence-electron chi connectivity index (χ2n) is 3.58. The van der Waals surface area contributed by atoms with Gasteiger partial charge >= 0.3 is 0 Å². The van der Waals surface area contributed by atoms with Crippen molar-refractivity contribution in [2.75, 3.05) is 12.0 Å². The van der Waals surface area contributed by atoms with Crippen LogP contribution in [0.3, 0.4) is 0 Å². The zero-order valence-electron chi connectivity index (χ0n) is 9.61. The summed E-state index contributed by atoms with van der Waals surface area (Å²) >= 11 is 3.54. The fraction of sp³-hybridized carbons (Fsp3) is 0.0769. The number of thioether (sulfide) groups is 1. The summed E-state index contributed by atoms with van der Waals surface area (Å²) in [6.07, 6.45) is 2.00. The minimum atomic E-state index is -0.333. The number of ether oxygens (including phenoxy) is 1. The standard InChI is InChI=1S/C13H11FINOS/c1-18-9-4-2-8(3-5-9)17-13-6-10(14)11(15)7-12(13)16/h2-7H,16H2,1H3. The van der Waals surface area contributed by atoms with Gasteiger partial charge in [-0.2, -0.15) is 0 Å². The van der Waals surface area contributed by atoms with Crippen LogP contribution in [0.5, 0.6) is 11.5 Å². The SMILES string of the molecule is CSc1ccc(Oc2cc(F)c(I)cc2N)cc1. The maximum atomic E-state index is 13.4. The number of anilines is 1. The fourth-order valence-corrected chi connectivity index (χ4v) is 2.30. The van der Waals surface area contributed by atoms with E-state index in [0.29, 0.717) is 20.8 Å². The molecule has 0 aromatic heterocycles. The first-order chi connectivity index (χ1) is 8.60. The molecule has 0 saturated carbocycles. The topological polar surface area (TPSA) is 35.2 Å². The molecule has 2 N–H and O–H groups in total. The lowest BCUT2D eigenvalue weighted by molar-refractivity contribution is 0.478. The largest absolute Gasteiger partial charge is 0.455 e. The molecular weight excluding hydrogens is 364 g/mol. The molecule has 0 bridgehead atoms. The minimum absolute atomic E-state index is 0.333. The van der Waals surface area contributed by atoms with Gasteiger partial charge in [0.2, 0.25) is 0 Å². The highest BCUT2D eigenvalue weighted by molar-refractivity contribution is 14.1. The van der Waals surface area contributed by atoms with Crippen LogP contribution < -0.4 is 10.5 Å². The zero-order valence-corrected chi connectivity index (χ0v) is 12.6. The van der Waals surface area contributed by atoms with E-state index >= 15 is 0 Å². The quantitative estimate of drug-likeness (QED) is 0.487. The van der Waals surface area contributed by atoms with Crippen molar-refractivity contribution >= 4 is 40.0 Å². The Morgan fingerprint density at radius 3 is 2.50 bits per heavy atom. The molecule has 0 aliphatic rings. The van der Waals surface area contributed by atoms with Crippen LogP contribution in [0.2, 0.25) is 0 Å². The summed E-state index contributed by atoms with van der Waals surface area (Å²) < 4.78 is 19.5. The molecule has 0 aliphatic carbocycles. The van der Waals surface area contributed by atoms with Gasteiger partial charge in [-0.15, -0.1) is 11.8 Å². The van der Waals surface area contributed by atoms with Gasteiger partial charge < -0.3 is 10.5 Å². The van der Waals surface area contributed by atoms with Gasteiger partial charge in [0.25, 0.3) is 0 Å². The molecule has 5 heteroatoms. The molecule has 2 aromatic carbocycles. The maximum Gasteiger partial charge on any atom is 0.153 e. The summed E-state index contributed by atoms with van der Waals surface area (Å²) in [6, 6.07) is 10.4. The molecule has 94 valence electrons. The number of rotatable bonds is 3. The number of halogens is 2. The van der Waals surface area contributed by atoms with Crippen molar-refractivity contribution in [3.05, 3.63) is 45.8 Å². The number of benzene rings is 2. The predicted octanol–water partition coefficient (Wildman–Crippen LogP) is 4.53. The van der Waals surface area contributed by atoms with E-state index < -0.39 is 0 Å². The van der Waals surface area contributed by atoms with Crippen molar-refractivity contribution in [3.8, 4) is 11.5 Å². The van der Waals surface area contributed by atoms with Gasteiger partial charge in [0.05, 0.1) is 9.26 Å². The summed E-state index contributed by atoms with van der Waals surface area (Å²) in [6.45, 7) is 0. The molecule has 0 atom stereocenters. The summed E-state index contributed by atoms with van der Waals surface area (Å²) in [4.78, 5) is 1.14. The Morgan fingerprint density at radius 1 is 1.22 bits per heavy atom. The van der Waals surface area contributed by atoms with Gasteiger partial charge in [-0.1, -0.05) is 0 Å². The van der Waals surface area contributed by atoms with Gasteiger partial charge in [-0.25, -0.2) is 4.39 Å². The first-order valence-corrected chi connectivity index (χ1v) is 7.47. The van der Waals surface area contributed by atoms with Crippen molar-refractivity contribution < 1.29 is 9.13 Å². The molecular formula is C13H11FINOS. The van der Waals surface area contributed by atoms with Crippen LogP contribution in [0, 0.1) is 9.39 Å². The zero-order chi connectivity index (χ0) is 13.1. The molecule has 0 heterocycles. The van der Waals surface area contributed by atoms with E-state index in [-0.39, 0.29) is 5.82 Å². The summed E-state index contributed by atoms with van der Waals surface area (Å²) in [5, 5.41) is 0. The Morgan fingerprint density at radius 2 is 1.89 bits per heavy atom. The molecule has 0 saturated heterocycles. The minimum Gasteiger partial charge on any atom is -0.455 e. The number of hydrogen-bond acceptors (Lipinski definition) is 3. The highest BCUT2D eigenvalue weighted by Gasteiger charge is 2.08. The van der Waals surface area contributed by atoms with Crippen molar-refractivity contribution in [3.63, 3.8) is 0 Å². The van der Waals surface area contributed by atoms with Crippen LogP contribution in [0.1, 0.15) is 0 Å². The molecule has 2 nitrogen and oxygen atoms in total. The average molecular weight is 375 g/mol. The smallest absolute Gasteiger partial charge is 0.153 e. The normalized spacial score (nSPS) is 10.4. The van der Waals surface area contributed by atoms with E-state index in [4.69, 9.17) is 10.5 Å².